The van der Waals surface area contributed by atoms with Gasteiger partial charge in [0.05, 0.1) is 48.8 Å². The Bertz CT molecular complexity index is 450. The van der Waals surface area contributed by atoms with E-state index in [4.69, 9.17) is 9.47 Å². The lowest BCUT2D eigenvalue weighted by Gasteiger charge is -2.24. The fraction of sp³-hybridized carbons (Fsp3) is 0.467. The molecule has 0 saturated carbocycles. The molecule has 2 aliphatic heterocycles. The molecule has 1 unspecified atom stereocenters. The highest BCUT2D eigenvalue weighted by molar-refractivity contribution is 14.1. The third-order valence-electron chi connectivity index (χ3n) is 3.52. The van der Waals surface area contributed by atoms with Gasteiger partial charge in [-0.2, -0.15) is 0 Å². The predicted molar refractivity (Wildman–Crippen MR) is 84.5 cm³/mol. The van der Waals surface area contributed by atoms with E-state index in [0.717, 1.165) is 38.3 Å². The van der Waals surface area contributed by atoms with Gasteiger partial charge in [-0.05, 0) is 30.5 Å². The first-order chi connectivity index (χ1) is 9.33. The minimum Gasteiger partial charge on any atom is -0.380 e. The van der Waals surface area contributed by atoms with Crippen molar-refractivity contribution in [2.45, 2.75) is 18.9 Å². The fourth-order valence-corrected chi connectivity index (χ4v) is 2.67. The molecule has 3 rings (SSSR count). The third-order valence-corrected chi connectivity index (χ3v) is 4.14. The molecule has 0 amide bonds. The summed E-state index contributed by atoms with van der Waals surface area (Å²) in [7, 11) is 0. The van der Waals surface area contributed by atoms with Crippen molar-refractivity contribution in [3.8, 4) is 0 Å². The van der Waals surface area contributed by atoms with Crippen LogP contribution in [-0.4, -0.2) is 25.9 Å². The van der Waals surface area contributed by atoms with Gasteiger partial charge in [0.1, 0.15) is 0 Å². The van der Waals surface area contributed by atoms with Crippen LogP contribution in [0.5, 0.6) is 0 Å². The maximum Gasteiger partial charge on any atom is 0.0847 e. The molecule has 2 saturated heterocycles. The number of halogens is 1. The first kappa shape index (κ1) is 13.4. The lowest BCUT2D eigenvalue weighted by Crippen LogP contribution is -2.26. The highest BCUT2D eigenvalue weighted by Crippen LogP contribution is 2.25. The minimum absolute atomic E-state index is 0.461. The van der Waals surface area contributed by atoms with Gasteiger partial charge in [0.25, 0.3) is 0 Å². The van der Waals surface area contributed by atoms with Crippen LogP contribution in [0.4, 0.5) is 5.69 Å². The summed E-state index contributed by atoms with van der Waals surface area (Å²) in [6.07, 6.45) is 4.96. The predicted octanol–water partition coefficient (Wildman–Crippen LogP) is 3.35. The van der Waals surface area contributed by atoms with E-state index in [9.17, 15) is 0 Å². The molecule has 0 spiro atoms. The summed E-state index contributed by atoms with van der Waals surface area (Å²) in [4.78, 5) is 0. The van der Waals surface area contributed by atoms with Crippen LogP contribution >= 0.6 is 22.9 Å². The monoisotopic (exact) mass is 371 g/mol. The molecule has 2 aliphatic rings. The van der Waals surface area contributed by atoms with Crippen LogP contribution in [0.25, 0.3) is 0 Å². The average Bonchev–Trinajstić information content (AvgIpc) is 3.18. The molecule has 1 atom stereocenters. The summed E-state index contributed by atoms with van der Waals surface area (Å²) in [6.45, 7) is 2.69. The molecule has 3 nitrogen and oxygen atoms in total. The molecule has 2 heterocycles. The van der Waals surface area contributed by atoms with Crippen LogP contribution in [0.1, 0.15) is 12.0 Å². The van der Waals surface area contributed by atoms with Gasteiger partial charge in [-0.3, -0.25) is 0 Å². The summed E-state index contributed by atoms with van der Waals surface area (Å²) in [5.41, 5.74) is 4.00. The van der Waals surface area contributed by atoms with Crippen LogP contribution in [0, 0.1) is 5.92 Å². The molecule has 0 radical (unpaired) electrons. The van der Waals surface area contributed by atoms with Crippen LogP contribution in [-0.2, 0) is 15.9 Å². The average molecular weight is 371 g/mol. The highest BCUT2D eigenvalue weighted by atomic mass is 127. The second-order valence-corrected chi connectivity index (χ2v) is 5.79. The van der Waals surface area contributed by atoms with Crippen molar-refractivity contribution in [1.29, 1.82) is 0 Å². The highest BCUT2D eigenvalue weighted by Gasteiger charge is 2.25. The zero-order valence-corrected chi connectivity index (χ0v) is 12.9. The third kappa shape index (κ3) is 3.94. The normalized spacial score (nSPS) is 23.0. The molecule has 4 heteroatoms. The van der Waals surface area contributed by atoms with E-state index in [1.807, 2.05) is 0 Å². The summed E-state index contributed by atoms with van der Waals surface area (Å²) in [5.74, 6) is 0.615. The number of epoxide rings is 1. The molecule has 19 heavy (non-hydrogen) atoms. The van der Waals surface area contributed by atoms with Crippen molar-refractivity contribution in [3.63, 3.8) is 0 Å². The lowest BCUT2D eigenvalue weighted by atomic mass is 9.95. The number of anilines is 1. The number of nitrogens with one attached hydrogen (secondary N) is 1. The molecule has 0 bridgehead atoms. The van der Waals surface area contributed by atoms with E-state index in [0.29, 0.717) is 12.0 Å². The van der Waals surface area contributed by atoms with Crippen molar-refractivity contribution in [1.82, 2.24) is 0 Å². The van der Waals surface area contributed by atoms with Gasteiger partial charge in [0.2, 0.25) is 0 Å². The maximum atomic E-state index is 5.36. The molecule has 1 N–H and O–H groups in total. The van der Waals surface area contributed by atoms with Gasteiger partial charge in [0.15, 0.2) is 0 Å². The molecule has 102 valence electrons. The smallest absolute Gasteiger partial charge is 0.0847 e. The van der Waals surface area contributed by atoms with Gasteiger partial charge >= 0.3 is 0 Å². The molecular weight excluding hydrogens is 353 g/mol. The van der Waals surface area contributed by atoms with E-state index in [-0.39, 0.29) is 0 Å². The van der Waals surface area contributed by atoms with Crippen LogP contribution in [0.3, 0.4) is 0 Å². The molecule has 0 aromatic heterocycles. The largest absolute Gasteiger partial charge is 0.380 e. The number of benzene rings is 1. The van der Waals surface area contributed by atoms with Gasteiger partial charge in [0, 0.05) is 11.6 Å². The second kappa shape index (κ2) is 6.24. The van der Waals surface area contributed by atoms with Crippen LogP contribution in [0.2, 0.25) is 0 Å². The van der Waals surface area contributed by atoms with E-state index in [2.05, 4.69) is 56.7 Å². The Morgan fingerprint density at radius 3 is 2.53 bits per heavy atom. The van der Waals surface area contributed by atoms with Crippen molar-refractivity contribution in [3.05, 3.63) is 41.5 Å². The molecular formula is C15H18INO2. The first-order valence-electron chi connectivity index (χ1n) is 6.68. The Balaban J connectivity index is 1.65. The van der Waals surface area contributed by atoms with E-state index < -0.39 is 0 Å². The summed E-state index contributed by atoms with van der Waals surface area (Å²) < 4.78 is 13.7. The molecule has 2 fully saturated rings. The number of hydrogen-bond donors (Lipinski definition) is 1. The minimum atomic E-state index is 0.461. The molecule has 1 aromatic rings. The van der Waals surface area contributed by atoms with E-state index in [1.54, 1.807) is 0 Å². The summed E-state index contributed by atoms with van der Waals surface area (Å²) in [5, 5.41) is 0. The van der Waals surface area contributed by atoms with Crippen LogP contribution in [0.15, 0.2) is 35.9 Å². The topological polar surface area (TPSA) is 33.8 Å². The summed E-state index contributed by atoms with van der Waals surface area (Å²) in [6, 6.07) is 8.64. The zero-order valence-electron chi connectivity index (χ0n) is 10.8. The summed E-state index contributed by atoms with van der Waals surface area (Å²) >= 11 is 2.15. The van der Waals surface area contributed by atoms with Crippen molar-refractivity contribution >= 4 is 28.6 Å². The number of hydrogen-bond acceptors (Lipinski definition) is 3. The van der Waals surface area contributed by atoms with Gasteiger partial charge in [-0.25, -0.2) is 0 Å². The Kier molecular flexibility index (Phi) is 4.40. The molecule has 0 aliphatic carbocycles. The van der Waals surface area contributed by atoms with Crippen molar-refractivity contribution in [2.24, 2.45) is 5.92 Å². The van der Waals surface area contributed by atoms with Crippen molar-refractivity contribution in [2.75, 3.05) is 23.4 Å². The number of ether oxygens (including phenoxy) is 2. The fourth-order valence-electron chi connectivity index (χ4n) is 2.31. The quantitative estimate of drug-likeness (QED) is 0.360. The SMILES string of the molecule is INc1ccc(C/C(=C/C2COC2)CC2CO2)cc1. The Hall–Kier alpha value is -0.590. The standard InChI is InChI=1S/C15H18INO2/c16-17-14-3-1-11(2-4-14)5-12(7-15-10-19-15)6-13-8-18-9-13/h1-4,6,13,15,17H,5,7-10H2/b12-6-. The number of rotatable bonds is 6. The van der Waals surface area contributed by atoms with Gasteiger partial charge in [-0.15, -0.1) is 0 Å². The van der Waals surface area contributed by atoms with E-state index in [1.165, 1.54) is 11.1 Å². The maximum absolute atomic E-state index is 5.36. The Morgan fingerprint density at radius 1 is 1.26 bits per heavy atom. The lowest BCUT2D eigenvalue weighted by molar-refractivity contribution is -0.00816. The molecule has 1 aromatic carbocycles. The zero-order chi connectivity index (χ0) is 13.1. The van der Waals surface area contributed by atoms with Crippen LogP contribution < -0.4 is 3.53 Å². The van der Waals surface area contributed by atoms with Gasteiger partial charge in [-0.1, -0.05) is 23.8 Å². The van der Waals surface area contributed by atoms with Gasteiger partial charge < -0.3 is 13.0 Å². The van der Waals surface area contributed by atoms with Crippen molar-refractivity contribution < 1.29 is 9.47 Å². The second-order valence-electron chi connectivity index (χ2n) is 5.25. The first-order valence-corrected chi connectivity index (χ1v) is 7.76. The Morgan fingerprint density at radius 2 is 2.00 bits per heavy atom. The Labute approximate surface area is 127 Å². The van der Waals surface area contributed by atoms with E-state index >= 15 is 0 Å².